The normalized spacial score (nSPS) is 27.3. The van der Waals surface area contributed by atoms with Crippen LogP contribution < -0.4 is 5.32 Å². The number of nitrogens with one attached hydrogen (secondary N) is 1. The van der Waals surface area contributed by atoms with E-state index >= 15 is 0 Å². The highest BCUT2D eigenvalue weighted by atomic mass is 32.1. The molecule has 6 heterocycles. The molecule has 0 spiro atoms. The minimum absolute atomic E-state index is 0.0811. The van der Waals surface area contributed by atoms with Crippen molar-refractivity contribution in [2.75, 3.05) is 52.9 Å². The number of pyridine rings is 1. The summed E-state index contributed by atoms with van der Waals surface area (Å²) >= 11 is 1.46. The molecule has 0 aromatic carbocycles. The van der Waals surface area contributed by atoms with Crippen LogP contribution >= 0.6 is 11.3 Å². The van der Waals surface area contributed by atoms with E-state index < -0.39 is 0 Å². The molecule has 0 saturated carbocycles. The lowest BCUT2D eigenvalue weighted by molar-refractivity contribution is 0.0617. The van der Waals surface area contributed by atoms with Crippen molar-refractivity contribution < 1.29 is 9.59 Å². The lowest BCUT2D eigenvalue weighted by atomic mass is 9.84. The van der Waals surface area contributed by atoms with Crippen LogP contribution in [0.2, 0.25) is 0 Å². The first-order valence-corrected chi connectivity index (χ1v) is 11.3. The number of likely N-dealkylation sites (N-methyl/N-ethyl adjacent to an activating group) is 1. The number of nitrogens with zero attached hydrogens (tertiary/aromatic N) is 4. The Bertz CT molecular complexity index is 928. The fourth-order valence-electron chi connectivity index (χ4n) is 4.70. The smallest absolute Gasteiger partial charge is 0.270 e. The van der Waals surface area contributed by atoms with E-state index in [2.05, 4.69) is 27.1 Å². The summed E-state index contributed by atoms with van der Waals surface area (Å²) in [7, 11) is 2.08. The maximum absolute atomic E-state index is 12.8. The Hall–Kier alpha value is -2.03. The Morgan fingerprint density at radius 3 is 2.55 bits per heavy atom. The van der Waals surface area contributed by atoms with Crippen molar-refractivity contribution >= 4 is 33.2 Å². The second-order valence-electron chi connectivity index (χ2n) is 8.53. The third-order valence-electron chi connectivity index (χ3n) is 6.61. The van der Waals surface area contributed by atoms with Gasteiger partial charge in [0, 0.05) is 55.0 Å². The molecule has 1 unspecified atom stereocenters. The second kappa shape index (κ2) is 7.66. The van der Waals surface area contributed by atoms with E-state index in [0.29, 0.717) is 11.6 Å². The molecule has 2 aromatic heterocycles. The minimum Gasteiger partial charge on any atom is -0.346 e. The molecule has 154 valence electrons. The van der Waals surface area contributed by atoms with E-state index in [1.54, 1.807) is 6.20 Å². The zero-order valence-electron chi connectivity index (χ0n) is 16.8. The SMILES string of the molecule is CN1CCN(C(=O)c2cc3cnc(C(=O)NC4CN5CCC4CC5)cc3s2)CC1. The molecular formula is C21H27N5O2S. The number of hydrogen-bond acceptors (Lipinski definition) is 6. The van der Waals surface area contributed by atoms with Crippen molar-refractivity contribution in [3.05, 3.63) is 28.9 Å². The van der Waals surface area contributed by atoms with Gasteiger partial charge in [-0.25, -0.2) is 0 Å². The van der Waals surface area contributed by atoms with Crippen molar-refractivity contribution in [3.63, 3.8) is 0 Å². The van der Waals surface area contributed by atoms with Gasteiger partial charge in [0.1, 0.15) is 5.69 Å². The first kappa shape index (κ1) is 19.0. The number of aromatic nitrogens is 1. The number of carbonyl (C=O) groups is 2. The van der Waals surface area contributed by atoms with E-state index in [-0.39, 0.29) is 17.9 Å². The molecule has 7 nitrogen and oxygen atoms in total. The van der Waals surface area contributed by atoms with E-state index in [4.69, 9.17) is 0 Å². The van der Waals surface area contributed by atoms with Crippen LogP contribution in [0.25, 0.3) is 10.1 Å². The van der Waals surface area contributed by atoms with E-state index in [9.17, 15) is 9.59 Å². The number of fused-ring (bicyclic) bond motifs is 4. The number of amides is 2. The predicted molar refractivity (Wildman–Crippen MR) is 113 cm³/mol. The molecule has 4 fully saturated rings. The Kier molecular flexibility index (Phi) is 5.01. The van der Waals surface area contributed by atoms with Gasteiger partial charge in [0.05, 0.1) is 4.88 Å². The maximum atomic E-state index is 12.8. The lowest BCUT2D eigenvalue weighted by Gasteiger charge is -2.44. The van der Waals surface area contributed by atoms with E-state index in [1.807, 2.05) is 17.0 Å². The summed E-state index contributed by atoms with van der Waals surface area (Å²) in [5.74, 6) is 0.561. The van der Waals surface area contributed by atoms with Gasteiger partial charge in [-0.05, 0) is 51.0 Å². The highest BCUT2D eigenvalue weighted by Gasteiger charge is 2.35. The lowest BCUT2D eigenvalue weighted by Crippen LogP contribution is -2.57. The molecule has 1 N–H and O–H groups in total. The van der Waals surface area contributed by atoms with Crippen LogP contribution in [-0.2, 0) is 0 Å². The minimum atomic E-state index is -0.106. The van der Waals surface area contributed by atoms with Gasteiger partial charge in [-0.2, -0.15) is 0 Å². The predicted octanol–water partition coefficient (Wildman–Crippen LogP) is 1.51. The van der Waals surface area contributed by atoms with Gasteiger partial charge >= 0.3 is 0 Å². The first-order chi connectivity index (χ1) is 14.1. The Balaban J connectivity index is 1.30. The molecule has 8 heteroatoms. The van der Waals surface area contributed by atoms with Crippen molar-refractivity contribution in [2.24, 2.45) is 5.92 Å². The van der Waals surface area contributed by atoms with Gasteiger partial charge in [-0.1, -0.05) is 0 Å². The second-order valence-corrected chi connectivity index (χ2v) is 9.62. The van der Waals surface area contributed by atoms with Crippen LogP contribution in [0.1, 0.15) is 33.0 Å². The van der Waals surface area contributed by atoms with Crippen LogP contribution in [-0.4, -0.2) is 90.4 Å². The van der Waals surface area contributed by atoms with Crippen molar-refractivity contribution in [3.8, 4) is 0 Å². The highest BCUT2D eigenvalue weighted by Crippen LogP contribution is 2.29. The van der Waals surface area contributed by atoms with Crippen LogP contribution in [0, 0.1) is 5.92 Å². The monoisotopic (exact) mass is 413 g/mol. The van der Waals surface area contributed by atoms with Crippen LogP contribution in [0.3, 0.4) is 0 Å². The third kappa shape index (κ3) is 3.76. The van der Waals surface area contributed by atoms with E-state index in [0.717, 1.165) is 60.8 Å². The van der Waals surface area contributed by atoms with Crippen molar-refractivity contribution in [1.82, 2.24) is 25.0 Å². The molecule has 6 rings (SSSR count). The molecule has 29 heavy (non-hydrogen) atoms. The summed E-state index contributed by atoms with van der Waals surface area (Å²) in [6.45, 7) is 6.58. The summed E-state index contributed by atoms with van der Waals surface area (Å²) < 4.78 is 0.941. The molecule has 0 radical (unpaired) electrons. The Morgan fingerprint density at radius 2 is 1.86 bits per heavy atom. The molecular weight excluding hydrogens is 386 g/mol. The van der Waals surface area contributed by atoms with Gasteiger partial charge in [-0.15, -0.1) is 11.3 Å². The van der Waals surface area contributed by atoms with Crippen LogP contribution in [0.15, 0.2) is 18.3 Å². The molecule has 0 aliphatic carbocycles. The van der Waals surface area contributed by atoms with Crippen LogP contribution in [0.4, 0.5) is 0 Å². The standard InChI is InChI=1S/C21H27N5O2S/c1-24-6-8-26(9-7-24)21(28)19-10-15-12-22-16(11-18(15)29-19)20(27)23-17-13-25-4-2-14(17)3-5-25/h10-12,14,17H,2-9,13H2,1H3,(H,23,27). The molecule has 2 bridgehead atoms. The maximum Gasteiger partial charge on any atom is 0.270 e. The first-order valence-electron chi connectivity index (χ1n) is 10.5. The molecule has 1 atom stereocenters. The number of piperazine rings is 1. The number of hydrogen-bond donors (Lipinski definition) is 1. The summed E-state index contributed by atoms with van der Waals surface area (Å²) in [4.78, 5) is 37.3. The zero-order valence-corrected chi connectivity index (χ0v) is 17.6. The van der Waals surface area contributed by atoms with Crippen LogP contribution in [0.5, 0.6) is 0 Å². The summed E-state index contributed by atoms with van der Waals surface area (Å²) in [6, 6.07) is 3.96. The molecule has 4 aliphatic heterocycles. The average Bonchev–Trinajstić information content (AvgIpc) is 3.18. The Labute approximate surface area is 174 Å². The molecule has 2 amide bonds. The van der Waals surface area contributed by atoms with Gasteiger partial charge < -0.3 is 20.0 Å². The Morgan fingerprint density at radius 1 is 1.10 bits per heavy atom. The van der Waals surface area contributed by atoms with Gasteiger partial charge in [0.25, 0.3) is 11.8 Å². The fraction of sp³-hybridized carbons (Fsp3) is 0.571. The number of carbonyl (C=O) groups excluding carboxylic acids is 2. The number of thiophene rings is 1. The van der Waals surface area contributed by atoms with Crippen molar-refractivity contribution in [2.45, 2.75) is 18.9 Å². The largest absolute Gasteiger partial charge is 0.346 e. The summed E-state index contributed by atoms with van der Waals surface area (Å²) in [6.07, 6.45) is 4.05. The number of rotatable bonds is 3. The van der Waals surface area contributed by atoms with Gasteiger partial charge in [0.15, 0.2) is 0 Å². The highest BCUT2D eigenvalue weighted by molar-refractivity contribution is 7.20. The topological polar surface area (TPSA) is 68.8 Å². The zero-order chi connectivity index (χ0) is 20.0. The summed E-state index contributed by atoms with van der Waals surface area (Å²) in [5, 5.41) is 4.12. The van der Waals surface area contributed by atoms with Gasteiger partial charge in [-0.3, -0.25) is 14.6 Å². The summed E-state index contributed by atoms with van der Waals surface area (Å²) in [5.41, 5.74) is 0.439. The van der Waals surface area contributed by atoms with Crippen molar-refractivity contribution in [1.29, 1.82) is 0 Å². The van der Waals surface area contributed by atoms with Gasteiger partial charge in [0.2, 0.25) is 0 Å². The number of piperidine rings is 3. The quantitative estimate of drug-likeness (QED) is 0.826. The molecule has 4 saturated heterocycles. The molecule has 4 aliphatic rings. The third-order valence-corrected chi connectivity index (χ3v) is 7.69. The fourth-order valence-corrected chi connectivity index (χ4v) is 5.74. The molecule has 2 aromatic rings. The average molecular weight is 414 g/mol. The van der Waals surface area contributed by atoms with E-state index in [1.165, 1.54) is 24.2 Å².